The van der Waals surface area contributed by atoms with E-state index in [1.807, 2.05) is 12.1 Å². The van der Waals surface area contributed by atoms with Crippen LogP contribution in [0.25, 0.3) is 0 Å². The lowest BCUT2D eigenvalue weighted by atomic mass is 10.2. The molecule has 0 aromatic carbocycles. The average Bonchev–Trinajstić information content (AvgIpc) is 2.40. The van der Waals surface area contributed by atoms with E-state index in [2.05, 4.69) is 16.8 Å². The molecular formula is C13H21ClN2O2. The first-order valence-electron chi connectivity index (χ1n) is 5.98. The van der Waals surface area contributed by atoms with Crippen LogP contribution in [-0.4, -0.2) is 45.0 Å². The molecule has 0 saturated carbocycles. The molecule has 1 rings (SSSR count). The summed E-state index contributed by atoms with van der Waals surface area (Å²) in [4.78, 5) is 6.45. The van der Waals surface area contributed by atoms with Gasteiger partial charge in [-0.2, -0.15) is 0 Å². The fourth-order valence-corrected chi connectivity index (χ4v) is 1.99. The van der Waals surface area contributed by atoms with Crippen molar-refractivity contribution in [3.8, 4) is 0 Å². The number of hydrogen-bond acceptors (Lipinski definition) is 4. The average molecular weight is 273 g/mol. The lowest BCUT2D eigenvalue weighted by molar-refractivity contribution is 0.171. The molecule has 0 spiro atoms. The first-order chi connectivity index (χ1) is 8.72. The third-order valence-electron chi connectivity index (χ3n) is 2.74. The fraction of sp³-hybridized carbons (Fsp3) is 0.615. The van der Waals surface area contributed by atoms with Crippen LogP contribution >= 0.6 is 11.6 Å². The molecule has 0 aliphatic rings. The molecule has 1 atom stereocenters. The van der Waals surface area contributed by atoms with Crippen LogP contribution in [0.1, 0.15) is 12.6 Å². The van der Waals surface area contributed by atoms with Crippen LogP contribution in [0.4, 0.5) is 5.69 Å². The zero-order valence-corrected chi connectivity index (χ0v) is 12.0. The Balaban J connectivity index is 2.85. The predicted octanol–water partition coefficient (Wildman–Crippen LogP) is 2.31. The zero-order valence-electron chi connectivity index (χ0n) is 11.2. The Hall–Kier alpha value is -0.840. The summed E-state index contributed by atoms with van der Waals surface area (Å²) in [5, 5.41) is 0. The highest BCUT2D eigenvalue weighted by atomic mass is 35.5. The summed E-state index contributed by atoms with van der Waals surface area (Å²) in [6.45, 7) is 4.28. The number of nitrogens with zero attached hydrogens (tertiary/aromatic N) is 2. The van der Waals surface area contributed by atoms with E-state index in [0.29, 0.717) is 19.1 Å². The Morgan fingerprint density at radius 3 is 2.78 bits per heavy atom. The highest BCUT2D eigenvalue weighted by molar-refractivity contribution is 6.16. The second-order valence-corrected chi connectivity index (χ2v) is 4.40. The van der Waals surface area contributed by atoms with E-state index in [1.165, 1.54) is 0 Å². The molecule has 18 heavy (non-hydrogen) atoms. The van der Waals surface area contributed by atoms with E-state index in [0.717, 1.165) is 17.9 Å². The van der Waals surface area contributed by atoms with Gasteiger partial charge in [0.15, 0.2) is 0 Å². The number of halogens is 1. The largest absolute Gasteiger partial charge is 0.383 e. The van der Waals surface area contributed by atoms with Crippen molar-refractivity contribution in [3.05, 3.63) is 24.0 Å². The van der Waals surface area contributed by atoms with Crippen LogP contribution < -0.4 is 4.90 Å². The number of hydrogen-bond donors (Lipinski definition) is 0. The van der Waals surface area contributed by atoms with Gasteiger partial charge in [0.2, 0.25) is 0 Å². The molecule has 0 aliphatic heterocycles. The lowest BCUT2D eigenvalue weighted by Crippen LogP contribution is -2.38. The van der Waals surface area contributed by atoms with Gasteiger partial charge in [0.1, 0.15) is 0 Å². The predicted molar refractivity (Wildman–Crippen MR) is 74.4 cm³/mol. The van der Waals surface area contributed by atoms with Crippen LogP contribution in [0.5, 0.6) is 0 Å². The van der Waals surface area contributed by atoms with Crippen LogP contribution in [0, 0.1) is 0 Å². The number of aromatic nitrogens is 1. The van der Waals surface area contributed by atoms with Crippen molar-refractivity contribution >= 4 is 17.3 Å². The molecule has 5 heteroatoms. The van der Waals surface area contributed by atoms with Gasteiger partial charge >= 0.3 is 0 Å². The van der Waals surface area contributed by atoms with Crippen molar-refractivity contribution in [2.24, 2.45) is 0 Å². The van der Waals surface area contributed by atoms with E-state index >= 15 is 0 Å². The number of ether oxygens (including phenoxy) is 2. The maximum atomic E-state index is 5.82. The standard InChI is InChI=1S/C13H21ClN2O2/c1-11(10-18-3)16(6-7-17-2)13-4-5-15-12(8-13)9-14/h4-5,8,11H,6-7,9-10H2,1-3H3. The topological polar surface area (TPSA) is 34.6 Å². The van der Waals surface area contributed by atoms with Gasteiger partial charge in [0.05, 0.1) is 24.8 Å². The number of alkyl halides is 1. The molecule has 0 saturated heterocycles. The maximum absolute atomic E-state index is 5.82. The molecule has 0 aliphatic carbocycles. The van der Waals surface area contributed by atoms with Crippen molar-refractivity contribution in [1.29, 1.82) is 0 Å². The highest BCUT2D eigenvalue weighted by Crippen LogP contribution is 2.18. The Morgan fingerprint density at radius 1 is 1.39 bits per heavy atom. The summed E-state index contributed by atoms with van der Waals surface area (Å²) < 4.78 is 10.4. The molecule has 0 radical (unpaired) electrons. The van der Waals surface area contributed by atoms with E-state index in [9.17, 15) is 0 Å². The SMILES string of the molecule is COCCN(c1ccnc(CCl)c1)C(C)COC. The summed E-state index contributed by atoms with van der Waals surface area (Å²) in [6, 6.07) is 4.27. The summed E-state index contributed by atoms with van der Waals surface area (Å²) >= 11 is 5.82. The van der Waals surface area contributed by atoms with Gasteiger partial charge in [-0.25, -0.2) is 0 Å². The fourth-order valence-electron chi connectivity index (χ4n) is 1.84. The van der Waals surface area contributed by atoms with Crippen molar-refractivity contribution in [3.63, 3.8) is 0 Å². The second kappa shape index (κ2) is 8.29. The van der Waals surface area contributed by atoms with E-state index in [-0.39, 0.29) is 6.04 Å². The Kier molecular flexibility index (Phi) is 7.01. The van der Waals surface area contributed by atoms with Crippen molar-refractivity contribution in [2.45, 2.75) is 18.8 Å². The number of pyridine rings is 1. The molecule has 4 nitrogen and oxygen atoms in total. The summed E-state index contributed by atoms with van der Waals surface area (Å²) in [5.74, 6) is 0.421. The Labute approximate surface area is 114 Å². The monoisotopic (exact) mass is 272 g/mol. The highest BCUT2D eigenvalue weighted by Gasteiger charge is 2.14. The van der Waals surface area contributed by atoms with Gasteiger partial charge in [-0.05, 0) is 19.1 Å². The summed E-state index contributed by atoms with van der Waals surface area (Å²) in [5.41, 5.74) is 1.98. The van der Waals surface area contributed by atoms with Crippen molar-refractivity contribution < 1.29 is 9.47 Å². The smallest absolute Gasteiger partial charge is 0.0663 e. The maximum Gasteiger partial charge on any atom is 0.0663 e. The van der Waals surface area contributed by atoms with E-state index in [1.54, 1.807) is 20.4 Å². The second-order valence-electron chi connectivity index (χ2n) is 4.13. The third-order valence-corrected chi connectivity index (χ3v) is 3.02. The molecule has 0 fully saturated rings. The molecule has 1 heterocycles. The molecule has 0 amide bonds. The number of anilines is 1. The summed E-state index contributed by atoms with van der Waals surface area (Å²) in [6.07, 6.45) is 1.78. The molecular weight excluding hydrogens is 252 g/mol. The molecule has 1 unspecified atom stereocenters. The minimum absolute atomic E-state index is 0.274. The van der Waals surface area contributed by atoms with Crippen LogP contribution in [0.3, 0.4) is 0 Å². The van der Waals surface area contributed by atoms with Gasteiger partial charge in [-0.3, -0.25) is 4.98 Å². The number of methoxy groups -OCH3 is 2. The third kappa shape index (κ3) is 4.44. The van der Waals surface area contributed by atoms with Crippen molar-refractivity contribution in [1.82, 2.24) is 4.98 Å². The van der Waals surface area contributed by atoms with E-state index in [4.69, 9.17) is 21.1 Å². The molecule has 102 valence electrons. The Bertz CT molecular complexity index is 350. The van der Waals surface area contributed by atoms with Gasteiger partial charge in [0.25, 0.3) is 0 Å². The minimum Gasteiger partial charge on any atom is -0.383 e. The molecule has 1 aromatic rings. The van der Waals surface area contributed by atoms with E-state index < -0.39 is 0 Å². The first-order valence-corrected chi connectivity index (χ1v) is 6.51. The number of rotatable bonds is 8. The zero-order chi connectivity index (χ0) is 13.4. The van der Waals surface area contributed by atoms with Crippen LogP contribution in [-0.2, 0) is 15.4 Å². The lowest BCUT2D eigenvalue weighted by Gasteiger charge is -2.30. The molecule has 0 N–H and O–H groups in total. The van der Waals surface area contributed by atoms with Gasteiger partial charge in [-0.15, -0.1) is 11.6 Å². The van der Waals surface area contributed by atoms with Crippen LogP contribution in [0.15, 0.2) is 18.3 Å². The molecule has 0 bridgehead atoms. The van der Waals surface area contributed by atoms with Gasteiger partial charge in [0, 0.05) is 38.7 Å². The first kappa shape index (κ1) is 15.2. The summed E-state index contributed by atoms with van der Waals surface area (Å²) in [7, 11) is 3.41. The van der Waals surface area contributed by atoms with Gasteiger partial charge in [-0.1, -0.05) is 0 Å². The van der Waals surface area contributed by atoms with Gasteiger partial charge < -0.3 is 14.4 Å². The normalized spacial score (nSPS) is 12.4. The minimum atomic E-state index is 0.274. The Morgan fingerprint density at radius 2 is 2.17 bits per heavy atom. The van der Waals surface area contributed by atoms with Crippen LogP contribution in [0.2, 0.25) is 0 Å². The van der Waals surface area contributed by atoms with Crippen molar-refractivity contribution in [2.75, 3.05) is 38.9 Å². The quantitative estimate of drug-likeness (QED) is 0.680. The molecule has 1 aromatic heterocycles.